The molecule has 0 spiro atoms. The van der Waals surface area contributed by atoms with E-state index in [0.29, 0.717) is 5.02 Å². The molecule has 0 aliphatic rings. The second-order valence-electron chi connectivity index (χ2n) is 3.03. The molecule has 5 nitrogen and oxygen atoms in total. The average molecular weight is 275 g/mol. The van der Waals surface area contributed by atoms with Crippen LogP contribution in [-0.2, 0) is 9.63 Å². The van der Waals surface area contributed by atoms with E-state index in [2.05, 4.69) is 10.3 Å². The highest BCUT2D eigenvalue weighted by Gasteiger charge is 2.11. The Balaban J connectivity index is 2.70. The zero-order valence-corrected chi connectivity index (χ0v) is 10.6. The molecule has 0 saturated heterocycles. The third kappa shape index (κ3) is 4.26. The van der Waals surface area contributed by atoms with Crippen molar-refractivity contribution in [3.05, 3.63) is 28.8 Å². The fourth-order valence-electron chi connectivity index (χ4n) is 1.03. The van der Waals surface area contributed by atoms with Crippen molar-refractivity contribution in [2.45, 2.75) is 4.90 Å². The molecule has 3 N–H and O–H groups in total. The molecular weight excluding hydrogens is 264 g/mol. The SMILES string of the molecule is CSc1ccc(Cl)c(C(=O)NOCC(N)=O)c1. The van der Waals surface area contributed by atoms with E-state index in [9.17, 15) is 9.59 Å². The molecule has 1 aromatic rings. The fourth-order valence-corrected chi connectivity index (χ4v) is 1.68. The number of hydrogen-bond donors (Lipinski definition) is 2. The van der Waals surface area contributed by atoms with Gasteiger partial charge in [-0.05, 0) is 24.5 Å². The maximum atomic E-state index is 11.6. The number of carbonyl (C=O) groups excluding carboxylic acids is 2. The molecule has 17 heavy (non-hydrogen) atoms. The quantitative estimate of drug-likeness (QED) is 0.625. The van der Waals surface area contributed by atoms with Gasteiger partial charge in [0.15, 0.2) is 6.61 Å². The summed E-state index contributed by atoms with van der Waals surface area (Å²) in [4.78, 5) is 27.5. The molecule has 0 unspecified atom stereocenters. The van der Waals surface area contributed by atoms with E-state index in [1.807, 2.05) is 6.26 Å². The number of carbonyl (C=O) groups is 2. The Hall–Kier alpha value is -1.24. The first-order chi connectivity index (χ1) is 8.04. The van der Waals surface area contributed by atoms with Gasteiger partial charge in [0.2, 0.25) is 5.91 Å². The Morgan fingerprint density at radius 1 is 1.53 bits per heavy atom. The molecule has 0 aliphatic heterocycles. The number of hydroxylamine groups is 1. The number of primary amides is 1. The summed E-state index contributed by atoms with van der Waals surface area (Å²) in [6.07, 6.45) is 1.88. The summed E-state index contributed by atoms with van der Waals surface area (Å²) in [5.41, 5.74) is 7.22. The lowest BCUT2D eigenvalue weighted by Crippen LogP contribution is -2.29. The van der Waals surface area contributed by atoms with Crippen LogP contribution in [0, 0.1) is 0 Å². The van der Waals surface area contributed by atoms with Crippen LogP contribution < -0.4 is 11.2 Å². The molecule has 7 heteroatoms. The Morgan fingerprint density at radius 3 is 2.82 bits per heavy atom. The van der Waals surface area contributed by atoms with Gasteiger partial charge < -0.3 is 5.73 Å². The summed E-state index contributed by atoms with van der Waals surface area (Å²) >= 11 is 7.36. The standard InChI is InChI=1S/C10H11ClN2O3S/c1-17-6-2-3-8(11)7(4-6)10(15)13-16-5-9(12)14/h2-4H,5H2,1H3,(H2,12,14)(H,13,15). The molecule has 0 bridgehead atoms. The van der Waals surface area contributed by atoms with Crippen LogP contribution in [-0.4, -0.2) is 24.7 Å². The van der Waals surface area contributed by atoms with Crippen LogP contribution in [0.4, 0.5) is 0 Å². The summed E-state index contributed by atoms with van der Waals surface area (Å²) in [5, 5.41) is 0.308. The second kappa shape index (κ2) is 6.48. The number of thioether (sulfide) groups is 1. The van der Waals surface area contributed by atoms with Crippen molar-refractivity contribution in [1.29, 1.82) is 0 Å². The van der Waals surface area contributed by atoms with E-state index in [0.717, 1.165) is 4.90 Å². The van der Waals surface area contributed by atoms with Gasteiger partial charge >= 0.3 is 0 Å². The number of halogens is 1. The van der Waals surface area contributed by atoms with Crippen molar-refractivity contribution in [1.82, 2.24) is 5.48 Å². The third-order valence-electron chi connectivity index (χ3n) is 1.80. The van der Waals surface area contributed by atoms with Crippen molar-refractivity contribution >= 4 is 35.2 Å². The first-order valence-electron chi connectivity index (χ1n) is 4.58. The maximum Gasteiger partial charge on any atom is 0.276 e. The van der Waals surface area contributed by atoms with Gasteiger partial charge in [-0.3, -0.25) is 14.4 Å². The van der Waals surface area contributed by atoms with E-state index in [1.165, 1.54) is 11.8 Å². The molecule has 2 amide bonds. The number of nitrogens with one attached hydrogen (secondary N) is 1. The molecule has 1 aromatic carbocycles. The lowest BCUT2D eigenvalue weighted by Gasteiger charge is -2.07. The van der Waals surface area contributed by atoms with Gasteiger partial charge in [0.25, 0.3) is 5.91 Å². The summed E-state index contributed by atoms with van der Waals surface area (Å²) in [5.74, 6) is -1.19. The lowest BCUT2D eigenvalue weighted by molar-refractivity contribution is -0.124. The van der Waals surface area contributed by atoms with Gasteiger partial charge in [0.05, 0.1) is 10.6 Å². The molecule has 0 atom stereocenters. The topological polar surface area (TPSA) is 81.4 Å². The van der Waals surface area contributed by atoms with E-state index >= 15 is 0 Å². The van der Waals surface area contributed by atoms with Gasteiger partial charge in [-0.1, -0.05) is 11.6 Å². The summed E-state index contributed by atoms with van der Waals surface area (Å²) < 4.78 is 0. The molecule has 0 heterocycles. The average Bonchev–Trinajstić information content (AvgIpc) is 2.29. The predicted octanol–water partition coefficient (Wildman–Crippen LogP) is 1.21. The molecule has 1 rings (SSSR count). The number of hydrogen-bond acceptors (Lipinski definition) is 4. The molecule has 0 radical (unpaired) electrons. The third-order valence-corrected chi connectivity index (χ3v) is 2.85. The van der Waals surface area contributed by atoms with Crippen molar-refractivity contribution in [2.24, 2.45) is 5.73 Å². The van der Waals surface area contributed by atoms with Crippen molar-refractivity contribution in [2.75, 3.05) is 12.9 Å². The van der Waals surface area contributed by atoms with Crippen LogP contribution >= 0.6 is 23.4 Å². The van der Waals surface area contributed by atoms with E-state index in [4.69, 9.17) is 17.3 Å². The molecule has 92 valence electrons. The zero-order valence-electron chi connectivity index (χ0n) is 9.03. The molecule has 0 aromatic heterocycles. The minimum absolute atomic E-state index is 0.281. The number of rotatable bonds is 5. The first-order valence-corrected chi connectivity index (χ1v) is 6.19. The Kier molecular flexibility index (Phi) is 5.27. The molecule has 0 fully saturated rings. The van der Waals surface area contributed by atoms with E-state index in [1.54, 1.807) is 18.2 Å². The summed E-state index contributed by atoms with van der Waals surface area (Å²) in [6.45, 7) is -0.383. The van der Waals surface area contributed by atoms with Gasteiger partial charge in [-0.25, -0.2) is 5.48 Å². The van der Waals surface area contributed by atoms with Gasteiger partial charge in [-0.2, -0.15) is 0 Å². The zero-order chi connectivity index (χ0) is 12.8. The van der Waals surface area contributed by atoms with Crippen LogP contribution in [0.2, 0.25) is 5.02 Å². The smallest absolute Gasteiger partial charge is 0.276 e. The molecular formula is C10H11ClN2O3S. The van der Waals surface area contributed by atoms with Gasteiger partial charge in [0, 0.05) is 4.90 Å². The monoisotopic (exact) mass is 274 g/mol. The van der Waals surface area contributed by atoms with Crippen molar-refractivity contribution in [3.8, 4) is 0 Å². The van der Waals surface area contributed by atoms with Crippen molar-refractivity contribution in [3.63, 3.8) is 0 Å². The minimum Gasteiger partial charge on any atom is -0.368 e. The summed E-state index contributed by atoms with van der Waals surface area (Å²) in [6, 6.07) is 5.06. The minimum atomic E-state index is -0.672. The largest absolute Gasteiger partial charge is 0.368 e. The van der Waals surface area contributed by atoms with Crippen LogP contribution in [0.15, 0.2) is 23.1 Å². The first kappa shape index (κ1) is 13.8. The molecule has 0 aliphatic carbocycles. The van der Waals surface area contributed by atoms with E-state index in [-0.39, 0.29) is 12.2 Å². The normalized spacial score (nSPS) is 10.0. The van der Waals surface area contributed by atoms with Gasteiger partial charge in [-0.15, -0.1) is 11.8 Å². The summed E-state index contributed by atoms with van der Waals surface area (Å²) in [7, 11) is 0. The predicted molar refractivity (Wildman–Crippen MR) is 65.8 cm³/mol. The van der Waals surface area contributed by atoms with Crippen LogP contribution in [0.25, 0.3) is 0 Å². The second-order valence-corrected chi connectivity index (χ2v) is 4.32. The highest BCUT2D eigenvalue weighted by atomic mass is 35.5. The van der Waals surface area contributed by atoms with Crippen LogP contribution in [0.5, 0.6) is 0 Å². The Morgan fingerprint density at radius 2 is 2.24 bits per heavy atom. The number of benzene rings is 1. The Bertz CT molecular complexity index is 440. The van der Waals surface area contributed by atoms with Gasteiger partial charge in [0.1, 0.15) is 0 Å². The Labute approximate surface area is 108 Å². The number of nitrogens with two attached hydrogens (primary N) is 1. The highest BCUT2D eigenvalue weighted by molar-refractivity contribution is 7.98. The van der Waals surface area contributed by atoms with Crippen molar-refractivity contribution < 1.29 is 14.4 Å². The maximum absolute atomic E-state index is 11.6. The van der Waals surface area contributed by atoms with Crippen LogP contribution in [0.1, 0.15) is 10.4 Å². The lowest BCUT2D eigenvalue weighted by atomic mass is 10.2. The fraction of sp³-hybridized carbons (Fsp3) is 0.200. The number of amides is 2. The highest BCUT2D eigenvalue weighted by Crippen LogP contribution is 2.22. The van der Waals surface area contributed by atoms with E-state index < -0.39 is 11.8 Å². The molecule has 0 saturated carbocycles. The van der Waals surface area contributed by atoms with Crippen LogP contribution in [0.3, 0.4) is 0 Å².